The van der Waals surface area contributed by atoms with Crippen molar-refractivity contribution in [1.82, 2.24) is 9.78 Å². The number of nitrogens with zero attached hydrogens (tertiary/aromatic N) is 2. The first kappa shape index (κ1) is 17.0. The lowest BCUT2D eigenvalue weighted by atomic mass is 10.0. The van der Waals surface area contributed by atoms with Crippen LogP contribution in [0.1, 0.15) is 53.4 Å². The van der Waals surface area contributed by atoms with Crippen LogP contribution in [0.15, 0.2) is 11.0 Å². The first-order chi connectivity index (χ1) is 9.45. The van der Waals surface area contributed by atoms with Gasteiger partial charge in [0.1, 0.15) is 5.02 Å². The van der Waals surface area contributed by atoms with E-state index in [0.717, 1.165) is 18.8 Å². The number of hydrogen-bond donors (Lipinski definition) is 1. The van der Waals surface area contributed by atoms with Crippen molar-refractivity contribution in [1.29, 1.82) is 0 Å². The molecule has 1 N–H and O–H groups in total. The van der Waals surface area contributed by atoms with Gasteiger partial charge in [-0.1, -0.05) is 45.2 Å². The molecular weight excluding hydrogens is 274 g/mol. The molecule has 0 bridgehead atoms. The second kappa shape index (κ2) is 8.30. The molecule has 114 valence electrons. The second-order valence-electron chi connectivity index (χ2n) is 5.77. The van der Waals surface area contributed by atoms with Gasteiger partial charge in [-0.2, -0.15) is 5.10 Å². The summed E-state index contributed by atoms with van der Waals surface area (Å²) in [6, 6.07) is 0.287. The maximum absolute atomic E-state index is 12.0. The average Bonchev–Trinajstić information content (AvgIpc) is 2.38. The Balaban J connectivity index is 2.64. The lowest BCUT2D eigenvalue weighted by molar-refractivity contribution is 0.519. The van der Waals surface area contributed by atoms with Crippen molar-refractivity contribution < 1.29 is 0 Å². The van der Waals surface area contributed by atoms with Crippen molar-refractivity contribution >= 4 is 17.3 Å². The van der Waals surface area contributed by atoms with E-state index in [4.69, 9.17) is 11.6 Å². The molecule has 0 aliphatic heterocycles. The Labute approximate surface area is 126 Å². The van der Waals surface area contributed by atoms with Gasteiger partial charge in [0.25, 0.3) is 5.56 Å². The molecule has 1 aromatic rings. The van der Waals surface area contributed by atoms with Crippen LogP contribution in [-0.2, 0) is 6.54 Å². The van der Waals surface area contributed by atoms with Gasteiger partial charge < -0.3 is 5.32 Å². The van der Waals surface area contributed by atoms with E-state index in [1.807, 2.05) is 6.92 Å². The topological polar surface area (TPSA) is 46.9 Å². The number of hydrogen-bond acceptors (Lipinski definition) is 3. The predicted molar refractivity (Wildman–Crippen MR) is 85.6 cm³/mol. The molecule has 0 saturated carbocycles. The largest absolute Gasteiger partial charge is 0.380 e. The number of halogens is 1. The third-order valence-electron chi connectivity index (χ3n) is 3.24. The van der Waals surface area contributed by atoms with Crippen LogP contribution in [0.4, 0.5) is 5.69 Å². The number of nitrogens with one attached hydrogen (secondary N) is 1. The van der Waals surface area contributed by atoms with Crippen LogP contribution < -0.4 is 10.9 Å². The summed E-state index contributed by atoms with van der Waals surface area (Å²) in [4.78, 5) is 12.0. The normalized spacial score (nSPS) is 12.7. The van der Waals surface area contributed by atoms with Crippen LogP contribution in [0.3, 0.4) is 0 Å². The second-order valence-corrected chi connectivity index (χ2v) is 6.15. The monoisotopic (exact) mass is 299 g/mol. The molecule has 0 fully saturated rings. The van der Waals surface area contributed by atoms with E-state index in [1.165, 1.54) is 17.5 Å². The van der Waals surface area contributed by atoms with E-state index in [-0.39, 0.29) is 16.6 Å². The molecule has 0 radical (unpaired) electrons. The fraction of sp³-hybridized carbons (Fsp3) is 0.733. The Morgan fingerprint density at radius 1 is 1.35 bits per heavy atom. The zero-order valence-electron chi connectivity index (χ0n) is 12.9. The molecule has 1 atom stereocenters. The first-order valence-electron chi connectivity index (χ1n) is 7.47. The molecule has 0 aromatic carbocycles. The number of anilines is 1. The van der Waals surface area contributed by atoms with Crippen LogP contribution in [0, 0.1) is 5.92 Å². The van der Waals surface area contributed by atoms with Gasteiger partial charge in [-0.15, -0.1) is 0 Å². The predicted octanol–water partition coefficient (Wildman–Crippen LogP) is 3.93. The van der Waals surface area contributed by atoms with E-state index >= 15 is 0 Å². The summed E-state index contributed by atoms with van der Waals surface area (Å²) in [6.45, 7) is 9.17. The lowest BCUT2D eigenvalue weighted by Gasteiger charge is -2.17. The van der Waals surface area contributed by atoms with E-state index < -0.39 is 0 Å². The van der Waals surface area contributed by atoms with E-state index in [9.17, 15) is 4.79 Å². The minimum absolute atomic E-state index is 0.215. The van der Waals surface area contributed by atoms with E-state index in [0.29, 0.717) is 12.2 Å². The van der Waals surface area contributed by atoms with Gasteiger partial charge in [0.2, 0.25) is 0 Å². The highest BCUT2D eigenvalue weighted by atomic mass is 35.5. The van der Waals surface area contributed by atoms with Gasteiger partial charge in [-0.3, -0.25) is 4.79 Å². The van der Waals surface area contributed by atoms with Gasteiger partial charge >= 0.3 is 0 Å². The van der Waals surface area contributed by atoms with Crippen LogP contribution in [-0.4, -0.2) is 15.8 Å². The zero-order valence-corrected chi connectivity index (χ0v) is 13.7. The standard InChI is InChI=1S/C15H26ClN3O/c1-5-9-19-15(20)14(16)13(10-17-19)18-12(4)8-6-7-11(2)3/h10-12,18H,5-9H2,1-4H3. The van der Waals surface area contributed by atoms with Crippen molar-refractivity contribution in [2.45, 2.75) is 66.0 Å². The zero-order chi connectivity index (χ0) is 15.1. The molecule has 0 aliphatic carbocycles. The van der Waals surface area contributed by atoms with Gasteiger partial charge in [-0.25, -0.2) is 4.68 Å². The van der Waals surface area contributed by atoms with E-state index in [2.05, 4.69) is 31.2 Å². The van der Waals surface area contributed by atoms with Crippen molar-refractivity contribution in [2.24, 2.45) is 5.92 Å². The Kier molecular flexibility index (Phi) is 7.06. The fourth-order valence-electron chi connectivity index (χ4n) is 2.11. The first-order valence-corrected chi connectivity index (χ1v) is 7.85. The quantitative estimate of drug-likeness (QED) is 0.791. The fourth-order valence-corrected chi connectivity index (χ4v) is 2.31. The molecule has 0 amide bonds. The molecule has 1 unspecified atom stereocenters. The summed E-state index contributed by atoms with van der Waals surface area (Å²) in [5.74, 6) is 0.727. The van der Waals surface area contributed by atoms with Gasteiger partial charge in [0, 0.05) is 12.6 Å². The third kappa shape index (κ3) is 5.16. The molecule has 0 spiro atoms. The Morgan fingerprint density at radius 2 is 2.05 bits per heavy atom. The Bertz CT molecular complexity index is 471. The molecule has 0 saturated heterocycles. The molecule has 1 heterocycles. The van der Waals surface area contributed by atoms with Crippen molar-refractivity contribution in [2.75, 3.05) is 5.32 Å². The maximum Gasteiger partial charge on any atom is 0.287 e. The van der Waals surface area contributed by atoms with Crippen LogP contribution in [0.25, 0.3) is 0 Å². The van der Waals surface area contributed by atoms with Crippen molar-refractivity contribution in [3.63, 3.8) is 0 Å². The number of aryl methyl sites for hydroxylation is 1. The number of rotatable bonds is 8. The minimum atomic E-state index is -0.215. The summed E-state index contributed by atoms with van der Waals surface area (Å²) >= 11 is 6.13. The van der Waals surface area contributed by atoms with Gasteiger partial charge in [0.05, 0.1) is 11.9 Å². The maximum atomic E-state index is 12.0. The summed E-state index contributed by atoms with van der Waals surface area (Å²) in [5, 5.41) is 7.67. The van der Waals surface area contributed by atoms with Gasteiger partial charge in [-0.05, 0) is 25.7 Å². The molecular formula is C15H26ClN3O. The number of aromatic nitrogens is 2. The van der Waals surface area contributed by atoms with Crippen LogP contribution >= 0.6 is 11.6 Å². The molecule has 5 heteroatoms. The molecule has 1 rings (SSSR count). The smallest absolute Gasteiger partial charge is 0.287 e. The molecule has 4 nitrogen and oxygen atoms in total. The Morgan fingerprint density at radius 3 is 2.65 bits per heavy atom. The van der Waals surface area contributed by atoms with Crippen molar-refractivity contribution in [3.05, 3.63) is 21.6 Å². The lowest BCUT2D eigenvalue weighted by Crippen LogP contribution is -2.25. The van der Waals surface area contributed by atoms with Gasteiger partial charge in [0.15, 0.2) is 0 Å². The third-order valence-corrected chi connectivity index (χ3v) is 3.61. The van der Waals surface area contributed by atoms with E-state index in [1.54, 1.807) is 6.20 Å². The minimum Gasteiger partial charge on any atom is -0.380 e. The summed E-state index contributed by atoms with van der Waals surface area (Å²) in [6.07, 6.45) is 5.96. The molecule has 20 heavy (non-hydrogen) atoms. The summed E-state index contributed by atoms with van der Waals surface area (Å²) < 4.78 is 1.41. The Hall–Kier alpha value is -1.03. The summed E-state index contributed by atoms with van der Waals surface area (Å²) in [5.41, 5.74) is 0.425. The SMILES string of the molecule is CCCn1ncc(NC(C)CCCC(C)C)c(Cl)c1=O. The van der Waals surface area contributed by atoms with Crippen LogP contribution in [0.2, 0.25) is 5.02 Å². The highest BCUT2D eigenvalue weighted by Crippen LogP contribution is 2.18. The van der Waals surface area contributed by atoms with Crippen molar-refractivity contribution in [3.8, 4) is 0 Å². The average molecular weight is 300 g/mol. The molecule has 0 aliphatic rings. The summed E-state index contributed by atoms with van der Waals surface area (Å²) in [7, 11) is 0. The van der Waals surface area contributed by atoms with Crippen LogP contribution in [0.5, 0.6) is 0 Å². The molecule has 1 aromatic heterocycles. The highest BCUT2D eigenvalue weighted by molar-refractivity contribution is 6.32. The highest BCUT2D eigenvalue weighted by Gasteiger charge is 2.11.